The van der Waals surface area contributed by atoms with Crippen molar-refractivity contribution in [3.05, 3.63) is 42.2 Å². The molecule has 1 aromatic carbocycles. The van der Waals surface area contributed by atoms with E-state index in [2.05, 4.69) is 5.32 Å². The molecule has 0 spiro atoms. The molecule has 130 valence electrons. The molecule has 0 atom stereocenters. The Labute approximate surface area is 140 Å². The number of alkyl carbamates (subject to hydrolysis) is 1. The number of hydrogen-bond donors (Lipinski definition) is 2. The molecule has 3 N–H and O–H groups in total. The standard InChI is InChI=1S/C16H20N2O5S/c1-16(2,3)23-15(19)18-10-12-6-9-14(22-12)11-4-7-13(8-5-11)24(17,20)21/h4-9H,10H2,1-3H3,(H,18,19)(H2,17,20,21). The molecule has 1 amide bonds. The topological polar surface area (TPSA) is 112 Å². The van der Waals surface area contributed by atoms with E-state index in [0.29, 0.717) is 17.1 Å². The van der Waals surface area contributed by atoms with Crippen LogP contribution in [0.1, 0.15) is 26.5 Å². The minimum Gasteiger partial charge on any atom is -0.459 e. The van der Waals surface area contributed by atoms with Crippen LogP contribution in [0.5, 0.6) is 0 Å². The van der Waals surface area contributed by atoms with Crippen LogP contribution >= 0.6 is 0 Å². The van der Waals surface area contributed by atoms with Crippen LogP contribution in [0.3, 0.4) is 0 Å². The average Bonchev–Trinajstić information content (AvgIpc) is 2.91. The fraction of sp³-hybridized carbons (Fsp3) is 0.312. The Balaban J connectivity index is 2.02. The minimum atomic E-state index is -3.72. The van der Waals surface area contributed by atoms with Crippen molar-refractivity contribution in [2.45, 2.75) is 37.8 Å². The maximum atomic E-state index is 11.6. The summed E-state index contributed by atoms with van der Waals surface area (Å²) in [6.45, 7) is 5.53. The number of primary sulfonamides is 1. The van der Waals surface area contributed by atoms with E-state index in [0.717, 1.165) is 0 Å². The number of hydrogen-bond acceptors (Lipinski definition) is 5. The van der Waals surface area contributed by atoms with E-state index in [-0.39, 0.29) is 11.4 Å². The zero-order chi connectivity index (χ0) is 18.0. The van der Waals surface area contributed by atoms with Gasteiger partial charge >= 0.3 is 6.09 Å². The highest BCUT2D eigenvalue weighted by Gasteiger charge is 2.16. The van der Waals surface area contributed by atoms with Crippen molar-refractivity contribution >= 4 is 16.1 Å². The highest BCUT2D eigenvalue weighted by atomic mass is 32.2. The second-order valence-corrected chi connectivity index (χ2v) is 7.75. The molecular formula is C16H20N2O5S. The van der Waals surface area contributed by atoms with Gasteiger partial charge in [-0.2, -0.15) is 0 Å². The molecule has 0 bridgehead atoms. The van der Waals surface area contributed by atoms with E-state index in [1.165, 1.54) is 12.1 Å². The molecule has 2 rings (SSSR count). The molecule has 0 aliphatic rings. The number of nitrogens with two attached hydrogens (primary N) is 1. The van der Waals surface area contributed by atoms with Crippen LogP contribution in [0.15, 0.2) is 45.7 Å². The van der Waals surface area contributed by atoms with Crippen LogP contribution in [-0.4, -0.2) is 20.1 Å². The summed E-state index contributed by atoms with van der Waals surface area (Å²) in [5.41, 5.74) is 0.134. The maximum absolute atomic E-state index is 11.6. The number of carbonyl (C=O) groups is 1. The van der Waals surface area contributed by atoms with Crippen molar-refractivity contribution in [3.63, 3.8) is 0 Å². The summed E-state index contributed by atoms with van der Waals surface area (Å²) in [7, 11) is -3.72. The van der Waals surface area contributed by atoms with Gasteiger partial charge in [0, 0.05) is 5.56 Å². The van der Waals surface area contributed by atoms with Crippen molar-refractivity contribution in [2.24, 2.45) is 5.14 Å². The van der Waals surface area contributed by atoms with E-state index in [1.54, 1.807) is 45.0 Å². The molecule has 1 aromatic heterocycles. The average molecular weight is 352 g/mol. The summed E-state index contributed by atoms with van der Waals surface area (Å²) in [5, 5.41) is 7.66. The van der Waals surface area contributed by atoms with Crippen molar-refractivity contribution in [2.75, 3.05) is 0 Å². The zero-order valence-electron chi connectivity index (χ0n) is 13.7. The Morgan fingerprint density at radius 2 is 1.79 bits per heavy atom. The van der Waals surface area contributed by atoms with Gasteiger partial charge in [-0.05, 0) is 57.2 Å². The van der Waals surface area contributed by atoms with Crippen molar-refractivity contribution in [1.29, 1.82) is 0 Å². The fourth-order valence-corrected chi connectivity index (χ4v) is 2.43. The molecule has 0 aliphatic carbocycles. The van der Waals surface area contributed by atoms with Crippen molar-refractivity contribution in [1.82, 2.24) is 5.32 Å². The Morgan fingerprint density at radius 1 is 1.17 bits per heavy atom. The number of amides is 1. The number of nitrogens with one attached hydrogen (secondary N) is 1. The van der Waals surface area contributed by atoms with Gasteiger partial charge in [0.25, 0.3) is 0 Å². The Hall–Kier alpha value is -2.32. The van der Waals surface area contributed by atoms with Gasteiger partial charge in [-0.3, -0.25) is 0 Å². The Kier molecular flexibility index (Phi) is 5.00. The van der Waals surface area contributed by atoms with E-state index in [1.807, 2.05) is 0 Å². The summed E-state index contributed by atoms with van der Waals surface area (Å²) in [6.07, 6.45) is -0.530. The smallest absolute Gasteiger partial charge is 0.408 e. The lowest BCUT2D eigenvalue weighted by atomic mass is 10.2. The second-order valence-electron chi connectivity index (χ2n) is 6.19. The predicted molar refractivity (Wildman–Crippen MR) is 88.6 cm³/mol. The lowest BCUT2D eigenvalue weighted by molar-refractivity contribution is 0.0520. The lowest BCUT2D eigenvalue weighted by Gasteiger charge is -2.19. The quantitative estimate of drug-likeness (QED) is 0.878. The van der Waals surface area contributed by atoms with Gasteiger partial charge in [0.1, 0.15) is 17.1 Å². The summed E-state index contributed by atoms with van der Waals surface area (Å²) >= 11 is 0. The molecule has 0 saturated heterocycles. The summed E-state index contributed by atoms with van der Waals surface area (Å²) < 4.78 is 33.2. The molecule has 8 heteroatoms. The first-order valence-corrected chi connectivity index (χ1v) is 8.78. The number of rotatable bonds is 4. The molecule has 0 aliphatic heterocycles. The van der Waals surface area contributed by atoms with Crippen LogP contribution in [0, 0.1) is 0 Å². The van der Waals surface area contributed by atoms with Crippen molar-refractivity contribution in [3.8, 4) is 11.3 Å². The fourth-order valence-electron chi connectivity index (χ4n) is 1.91. The van der Waals surface area contributed by atoms with E-state index >= 15 is 0 Å². The monoisotopic (exact) mass is 352 g/mol. The number of ether oxygens (including phenoxy) is 1. The third-order valence-electron chi connectivity index (χ3n) is 2.93. The van der Waals surface area contributed by atoms with Gasteiger partial charge in [-0.15, -0.1) is 0 Å². The third kappa shape index (κ3) is 5.10. The normalized spacial score (nSPS) is 12.0. The van der Waals surface area contributed by atoms with Crippen LogP contribution in [-0.2, 0) is 21.3 Å². The molecule has 0 radical (unpaired) electrons. The Morgan fingerprint density at radius 3 is 2.33 bits per heavy atom. The number of sulfonamides is 1. The molecule has 24 heavy (non-hydrogen) atoms. The van der Waals surface area contributed by atoms with Gasteiger partial charge in [0.15, 0.2) is 0 Å². The van der Waals surface area contributed by atoms with Gasteiger partial charge < -0.3 is 14.5 Å². The molecule has 0 unspecified atom stereocenters. The van der Waals surface area contributed by atoms with Crippen LogP contribution in [0.4, 0.5) is 4.79 Å². The number of furan rings is 1. The summed E-state index contributed by atoms with van der Waals surface area (Å²) in [5.74, 6) is 1.10. The van der Waals surface area contributed by atoms with Crippen molar-refractivity contribution < 1.29 is 22.4 Å². The molecule has 0 fully saturated rings. The summed E-state index contributed by atoms with van der Waals surface area (Å²) in [6, 6.07) is 9.48. The molecule has 1 heterocycles. The highest BCUT2D eigenvalue weighted by molar-refractivity contribution is 7.89. The number of carbonyl (C=O) groups excluding carboxylic acids is 1. The third-order valence-corrected chi connectivity index (χ3v) is 3.86. The largest absolute Gasteiger partial charge is 0.459 e. The highest BCUT2D eigenvalue weighted by Crippen LogP contribution is 2.23. The van der Waals surface area contributed by atoms with Gasteiger partial charge in [0.05, 0.1) is 11.4 Å². The van der Waals surface area contributed by atoms with Crippen LogP contribution in [0.2, 0.25) is 0 Å². The first kappa shape index (κ1) is 18.0. The first-order chi connectivity index (χ1) is 11.0. The van der Waals surface area contributed by atoms with Crippen LogP contribution < -0.4 is 10.5 Å². The van der Waals surface area contributed by atoms with E-state index < -0.39 is 21.7 Å². The Bertz CT molecular complexity index is 817. The van der Waals surface area contributed by atoms with Gasteiger partial charge in [-0.1, -0.05) is 0 Å². The first-order valence-electron chi connectivity index (χ1n) is 7.23. The number of benzene rings is 1. The van der Waals surface area contributed by atoms with E-state index in [9.17, 15) is 13.2 Å². The second kappa shape index (κ2) is 6.66. The SMILES string of the molecule is CC(C)(C)OC(=O)NCc1ccc(-c2ccc(S(N)(=O)=O)cc2)o1. The molecule has 2 aromatic rings. The molecule has 7 nitrogen and oxygen atoms in total. The maximum Gasteiger partial charge on any atom is 0.408 e. The molecule has 0 saturated carbocycles. The molecular weight excluding hydrogens is 332 g/mol. The van der Waals surface area contributed by atoms with Gasteiger partial charge in [-0.25, -0.2) is 18.4 Å². The minimum absolute atomic E-state index is 0.0321. The summed E-state index contributed by atoms with van der Waals surface area (Å²) in [4.78, 5) is 11.6. The van der Waals surface area contributed by atoms with E-state index in [4.69, 9.17) is 14.3 Å². The van der Waals surface area contributed by atoms with Crippen LogP contribution in [0.25, 0.3) is 11.3 Å². The predicted octanol–water partition coefficient (Wildman–Crippen LogP) is 2.62. The lowest BCUT2D eigenvalue weighted by Crippen LogP contribution is -2.32. The zero-order valence-corrected chi connectivity index (χ0v) is 14.5. The van der Waals surface area contributed by atoms with Gasteiger partial charge in [0.2, 0.25) is 10.0 Å².